The molecule has 7 nitrogen and oxygen atoms in total. The molecule has 0 unspecified atom stereocenters. The summed E-state index contributed by atoms with van der Waals surface area (Å²) in [6, 6.07) is 8.39. The molecule has 2 N–H and O–H groups in total. The quantitative estimate of drug-likeness (QED) is 0.729. The molecule has 1 aromatic carbocycles. The number of ether oxygens (including phenoxy) is 1. The molecule has 0 radical (unpaired) electrons. The molecule has 1 aliphatic heterocycles. The fourth-order valence-electron chi connectivity index (χ4n) is 3.32. The number of amides is 2. The highest BCUT2D eigenvalue weighted by Gasteiger charge is 2.26. The second-order valence-corrected chi connectivity index (χ2v) is 6.58. The highest BCUT2D eigenvalue weighted by atomic mass is 16.5. The lowest BCUT2D eigenvalue weighted by atomic mass is 10.1. The minimum absolute atomic E-state index is 0.00120. The number of benzene rings is 1. The van der Waals surface area contributed by atoms with E-state index < -0.39 is 0 Å². The molecular formula is C20H25N3O4. The average Bonchev–Trinajstić information content (AvgIpc) is 3.36. The lowest BCUT2D eigenvalue weighted by Gasteiger charge is -2.26. The van der Waals surface area contributed by atoms with Crippen molar-refractivity contribution in [2.24, 2.45) is 0 Å². The smallest absolute Gasteiger partial charge is 0.319 e. The Hall–Kier alpha value is -2.80. The van der Waals surface area contributed by atoms with Crippen molar-refractivity contribution in [3.8, 4) is 5.75 Å². The van der Waals surface area contributed by atoms with E-state index in [2.05, 4.69) is 15.5 Å². The zero-order chi connectivity index (χ0) is 19.2. The minimum Gasteiger partial charge on any atom is -0.495 e. The number of methoxy groups -OCH3 is 1. The van der Waals surface area contributed by atoms with Gasteiger partial charge in [-0.15, -0.1) is 0 Å². The van der Waals surface area contributed by atoms with Crippen LogP contribution in [0.15, 0.2) is 41.0 Å². The SMILES string of the molecule is COc1ccc(C(C)=O)cc1NC(=O)NC[C@H](c1ccco1)N1CCCC1. The molecular weight excluding hydrogens is 346 g/mol. The maximum atomic E-state index is 12.4. The summed E-state index contributed by atoms with van der Waals surface area (Å²) in [7, 11) is 1.52. The highest BCUT2D eigenvalue weighted by Crippen LogP contribution is 2.27. The van der Waals surface area contributed by atoms with Crippen LogP contribution >= 0.6 is 0 Å². The van der Waals surface area contributed by atoms with Gasteiger partial charge in [-0.3, -0.25) is 9.69 Å². The van der Waals surface area contributed by atoms with Crippen molar-refractivity contribution in [1.29, 1.82) is 0 Å². The van der Waals surface area contributed by atoms with Gasteiger partial charge in [-0.1, -0.05) is 0 Å². The van der Waals surface area contributed by atoms with Gasteiger partial charge in [-0.2, -0.15) is 0 Å². The third kappa shape index (κ3) is 4.68. The van der Waals surface area contributed by atoms with Crippen LogP contribution in [0, 0.1) is 0 Å². The number of urea groups is 1. The van der Waals surface area contributed by atoms with Crippen molar-refractivity contribution in [1.82, 2.24) is 10.2 Å². The number of hydrogen-bond donors (Lipinski definition) is 2. The third-order valence-corrected chi connectivity index (χ3v) is 4.76. The first-order valence-corrected chi connectivity index (χ1v) is 9.09. The fraction of sp³-hybridized carbons (Fsp3) is 0.400. The third-order valence-electron chi connectivity index (χ3n) is 4.76. The molecule has 7 heteroatoms. The summed E-state index contributed by atoms with van der Waals surface area (Å²) in [5, 5.41) is 5.68. The summed E-state index contributed by atoms with van der Waals surface area (Å²) in [6.45, 7) is 3.88. The topological polar surface area (TPSA) is 83.8 Å². The van der Waals surface area contributed by atoms with Crippen LogP contribution in [-0.2, 0) is 0 Å². The molecule has 144 valence electrons. The zero-order valence-corrected chi connectivity index (χ0v) is 15.7. The Bertz CT molecular complexity index is 783. The van der Waals surface area contributed by atoms with Crippen molar-refractivity contribution in [2.45, 2.75) is 25.8 Å². The summed E-state index contributed by atoms with van der Waals surface area (Å²) < 4.78 is 10.8. The fourth-order valence-corrected chi connectivity index (χ4v) is 3.32. The van der Waals surface area contributed by atoms with Gasteiger partial charge < -0.3 is 19.8 Å². The second kappa shape index (κ2) is 8.73. The van der Waals surface area contributed by atoms with Crippen molar-refractivity contribution in [3.05, 3.63) is 47.9 Å². The summed E-state index contributed by atoms with van der Waals surface area (Å²) in [4.78, 5) is 26.3. The summed E-state index contributed by atoms with van der Waals surface area (Å²) >= 11 is 0. The first kappa shape index (κ1) is 19.0. The number of likely N-dealkylation sites (tertiary alicyclic amines) is 1. The molecule has 0 saturated carbocycles. The lowest BCUT2D eigenvalue weighted by molar-refractivity contribution is 0.101. The van der Waals surface area contributed by atoms with Crippen LogP contribution in [0.2, 0.25) is 0 Å². The van der Waals surface area contributed by atoms with E-state index in [1.165, 1.54) is 14.0 Å². The van der Waals surface area contributed by atoms with E-state index in [1.807, 2.05) is 12.1 Å². The molecule has 27 heavy (non-hydrogen) atoms. The summed E-state index contributed by atoms with van der Waals surface area (Å²) in [6.07, 6.45) is 3.95. The molecule has 1 atom stereocenters. The van der Waals surface area contributed by atoms with Gasteiger partial charge in [-0.25, -0.2) is 4.79 Å². The molecule has 0 aliphatic carbocycles. The number of Topliss-reactive ketones (excluding diaryl/α,β-unsaturated/α-hetero) is 1. The largest absolute Gasteiger partial charge is 0.495 e. The van der Waals surface area contributed by atoms with Gasteiger partial charge in [0.15, 0.2) is 5.78 Å². The van der Waals surface area contributed by atoms with Gasteiger partial charge in [0.2, 0.25) is 0 Å². The maximum Gasteiger partial charge on any atom is 0.319 e. The van der Waals surface area contributed by atoms with Crippen LogP contribution in [0.4, 0.5) is 10.5 Å². The van der Waals surface area contributed by atoms with E-state index in [4.69, 9.17) is 9.15 Å². The van der Waals surface area contributed by atoms with E-state index in [0.29, 0.717) is 23.5 Å². The van der Waals surface area contributed by atoms with Crippen LogP contribution < -0.4 is 15.4 Å². The predicted molar refractivity (Wildman–Crippen MR) is 102 cm³/mol. The number of furan rings is 1. The number of nitrogens with one attached hydrogen (secondary N) is 2. The molecule has 3 rings (SSSR count). The standard InChI is InChI=1S/C20H25N3O4/c1-14(24)15-7-8-18(26-2)16(12-15)22-20(25)21-13-17(19-6-5-11-27-19)23-9-3-4-10-23/h5-8,11-12,17H,3-4,9-10,13H2,1-2H3,(H2,21,22,25)/t17-/m1/s1. The molecule has 1 aromatic heterocycles. The van der Waals surface area contributed by atoms with Gasteiger partial charge in [0.1, 0.15) is 11.5 Å². The molecule has 1 saturated heterocycles. The Morgan fingerprint density at radius 1 is 1.26 bits per heavy atom. The number of anilines is 1. The van der Waals surface area contributed by atoms with Gasteiger partial charge in [-0.05, 0) is 63.2 Å². The number of carbonyl (C=O) groups excluding carboxylic acids is 2. The van der Waals surface area contributed by atoms with E-state index >= 15 is 0 Å². The van der Waals surface area contributed by atoms with Crippen molar-refractivity contribution < 1.29 is 18.7 Å². The number of rotatable bonds is 7. The molecule has 2 aromatic rings. The van der Waals surface area contributed by atoms with Crippen LogP contribution in [0.5, 0.6) is 5.75 Å². The number of nitrogens with zero attached hydrogens (tertiary/aromatic N) is 1. The Labute approximate surface area is 158 Å². The minimum atomic E-state index is -0.357. The van der Waals surface area contributed by atoms with Gasteiger partial charge in [0.25, 0.3) is 0 Å². The first-order chi connectivity index (χ1) is 13.1. The molecule has 0 spiro atoms. The Balaban J connectivity index is 1.66. The van der Waals surface area contributed by atoms with E-state index in [9.17, 15) is 9.59 Å². The molecule has 0 bridgehead atoms. The second-order valence-electron chi connectivity index (χ2n) is 6.58. The molecule has 2 amide bonds. The Kier molecular flexibility index (Phi) is 6.13. The molecule has 1 aliphatic rings. The Morgan fingerprint density at radius 2 is 2.04 bits per heavy atom. The number of ketones is 1. The van der Waals surface area contributed by atoms with Crippen LogP contribution in [0.25, 0.3) is 0 Å². The molecule has 1 fully saturated rings. The Morgan fingerprint density at radius 3 is 2.67 bits per heavy atom. The lowest BCUT2D eigenvalue weighted by Crippen LogP contribution is -2.38. The van der Waals surface area contributed by atoms with E-state index in [-0.39, 0.29) is 17.9 Å². The van der Waals surface area contributed by atoms with Crippen LogP contribution in [-0.4, -0.2) is 43.5 Å². The zero-order valence-electron chi connectivity index (χ0n) is 15.7. The first-order valence-electron chi connectivity index (χ1n) is 9.09. The van der Waals surface area contributed by atoms with Crippen molar-refractivity contribution in [2.75, 3.05) is 32.1 Å². The normalized spacial score (nSPS) is 15.3. The highest BCUT2D eigenvalue weighted by molar-refractivity contribution is 5.97. The van der Waals surface area contributed by atoms with Gasteiger partial charge in [0.05, 0.1) is 25.1 Å². The van der Waals surface area contributed by atoms with Crippen LogP contribution in [0.1, 0.15) is 41.9 Å². The maximum absolute atomic E-state index is 12.4. The molecule has 2 heterocycles. The average molecular weight is 371 g/mol. The monoisotopic (exact) mass is 371 g/mol. The van der Waals surface area contributed by atoms with Crippen LogP contribution in [0.3, 0.4) is 0 Å². The number of carbonyl (C=O) groups is 2. The van der Waals surface area contributed by atoms with E-state index in [1.54, 1.807) is 24.5 Å². The summed E-state index contributed by atoms with van der Waals surface area (Å²) in [5.41, 5.74) is 0.968. The van der Waals surface area contributed by atoms with Gasteiger partial charge >= 0.3 is 6.03 Å². The van der Waals surface area contributed by atoms with Crippen molar-refractivity contribution in [3.63, 3.8) is 0 Å². The van der Waals surface area contributed by atoms with E-state index in [0.717, 1.165) is 31.7 Å². The summed E-state index contributed by atoms with van der Waals surface area (Å²) in [5.74, 6) is 1.26. The van der Waals surface area contributed by atoms with Crippen molar-refractivity contribution >= 4 is 17.5 Å². The van der Waals surface area contributed by atoms with Gasteiger partial charge in [0, 0.05) is 12.1 Å². The predicted octanol–water partition coefficient (Wildman–Crippen LogP) is 3.45. The number of hydrogen-bond acceptors (Lipinski definition) is 5.